The third kappa shape index (κ3) is 11.2. The third-order valence-corrected chi connectivity index (χ3v) is 2.06. The number of primary amides is 1. The van der Waals surface area contributed by atoms with Gasteiger partial charge in [0.1, 0.15) is 5.60 Å². The molecule has 90 valence electrons. The summed E-state index contributed by atoms with van der Waals surface area (Å²) in [7, 11) is 0. The summed E-state index contributed by atoms with van der Waals surface area (Å²) in [6, 6.07) is 0.536. The van der Waals surface area contributed by atoms with Crippen LogP contribution in [0.5, 0.6) is 0 Å². The van der Waals surface area contributed by atoms with Gasteiger partial charge in [-0.15, -0.1) is 0 Å². The Morgan fingerprint density at radius 2 is 1.67 bits per heavy atom. The van der Waals surface area contributed by atoms with Gasteiger partial charge in [0.2, 0.25) is 0 Å². The second-order valence-corrected chi connectivity index (χ2v) is 4.93. The van der Waals surface area contributed by atoms with Crippen molar-refractivity contribution < 1.29 is 9.53 Å². The zero-order valence-electron chi connectivity index (χ0n) is 10.1. The zero-order chi connectivity index (χ0) is 11.9. The van der Waals surface area contributed by atoms with Crippen LogP contribution < -0.4 is 11.5 Å². The molecule has 0 spiro atoms. The van der Waals surface area contributed by atoms with E-state index < -0.39 is 11.7 Å². The van der Waals surface area contributed by atoms with Gasteiger partial charge >= 0.3 is 6.09 Å². The minimum absolute atomic E-state index is 0.453. The van der Waals surface area contributed by atoms with Crippen LogP contribution in [-0.4, -0.2) is 17.7 Å². The van der Waals surface area contributed by atoms with Crippen LogP contribution in [0.1, 0.15) is 52.9 Å². The number of nitrogens with two attached hydrogens (primary N) is 2. The third-order valence-electron chi connectivity index (χ3n) is 2.06. The fourth-order valence-corrected chi connectivity index (χ4v) is 1.44. The lowest BCUT2D eigenvalue weighted by Crippen LogP contribution is -2.27. The molecule has 0 aliphatic heterocycles. The summed E-state index contributed by atoms with van der Waals surface area (Å²) in [5.74, 6) is 0. The van der Waals surface area contributed by atoms with E-state index in [9.17, 15) is 4.79 Å². The largest absolute Gasteiger partial charge is 0.444 e. The summed E-state index contributed by atoms with van der Waals surface area (Å²) in [5.41, 5.74) is 9.90. The molecular weight excluding hydrogens is 192 g/mol. The minimum atomic E-state index is -0.725. The van der Waals surface area contributed by atoms with Crippen molar-refractivity contribution in [2.75, 3.05) is 0 Å². The Morgan fingerprint density at radius 1 is 1.20 bits per heavy atom. The second kappa shape index (κ2) is 6.67. The molecule has 0 radical (unpaired) electrons. The Balaban J connectivity index is 0.000000262. The first-order valence-corrected chi connectivity index (χ1v) is 5.55. The maximum Gasteiger partial charge on any atom is 0.405 e. The van der Waals surface area contributed by atoms with Gasteiger partial charge in [0.15, 0.2) is 0 Å². The van der Waals surface area contributed by atoms with Crippen LogP contribution in [0.4, 0.5) is 4.79 Å². The molecule has 4 N–H and O–H groups in total. The molecule has 0 atom stereocenters. The van der Waals surface area contributed by atoms with E-state index in [1.54, 1.807) is 20.8 Å². The molecule has 1 rings (SSSR count). The highest BCUT2D eigenvalue weighted by molar-refractivity contribution is 5.65. The molecule has 1 saturated carbocycles. The molecule has 1 aliphatic rings. The molecule has 15 heavy (non-hydrogen) atoms. The van der Waals surface area contributed by atoms with Crippen LogP contribution in [0, 0.1) is 0 Å². The number of amides is 1. The first-order valence-electron chi connectivity index (χ1n) is 5.55. The molecule has 4 nitrogen and oxygen atoms in total. The zero-order valence-corrected chi connectivity index (χ0v) is 10.1. The van der Waals surface area contributed by atoms with Crippen molar-refractivity contribution in [1.29, 1.82) is 0 Å². The molecule has 0 aromatic heterocycles. The maximum absolute atomic E-state index is 10.0. The number of ether oxygens (including phenoxy) is 1. The minimum Gasteiger partial charge on any atom is -0.444 e. The Hall–Kier alpha value is -0.770. The van der Waals surface area contributed by atoms with Crippen LogP contribution in [0.3, 0.4) is 0 Å². The molecule has 0 bridgehead atoms. The molecule has 1 fully saturated rings. The standard InChI is InChI=1S/C6H13N.C5H11NO2/c7-6-4-2-1-3-5-6;1-5(2,3)8-4(6)7/h6H,1-5,7H2;1-3H3,(H2,6,7). The number of hydrogen-bond donors (Lipinski definition) is 2. The lowest BCUT2D eigenvalue weighted by Gasteiger charge is -2.16. The smallest absolute Gasteiger partial charge is 0.405 e. The van der Waals surface area contributed by atoms with Gasteiger partial charge < -0.3 is 16.2 Å². The Bertz CT molecular complexity index is 182. The maximum atomic E-state index is 10.0. The van der Waals surface area contributed by atoms with Crippen LogP contribution in [0.15, 0.2) is 0 Å². The van der Waals surface area contributed by atoms with Crippen molar-refractivity contribution in [3.63, 3.8) is 0 Å². The quantitative estimate of drug-likeness (QED) is 0.651. The molecule has 0 saturated heterocycles. The van der Waals surface area contributed by atoms with Gasteiger partial charge in [0.25, 0.3) is 0 Å². The SMILES string of the molecule is CC(C)(C)OC(N)=O.NC1CCCCC1. The fourth-order valence-electron chi connectivity index (χ4n) is 1.44. The molecule has 1 amide bonds. The number of carbonyl (C=O) groups is 1. The average molecular weight is 216 g/mol. The van der Waals surface area contributed by atoms with Gasteiger partial charge in [0, 0.05) is 6.04 Å². The van der Waals surface area contributed by atoms with E-state index in [0.717, 1.165) is 0 Å². The highest BCUT2D eigenvalue weighted by atomic mass is 16.6. The fraction of sp³-hybridized carbons (Fsp3) is 0.909. The lowest BCUT2D eigenvalue weighted by atomic mass is 9.97. The highest BCUT2D eigenvalue weighted by Crippen LogP contribution is 2.14. The molecule has 4 heteroatoms. The van der Waals surface area contributed by atoms with E-state index in [0.29, 0.717) is 6.04 Å². The second-order valence-electron chi connectivity index (χ2n) is 4.93. The van der Waals surface area contributed by atoms with Crippen LogP contribution in [-0.2, 0) is 4.74 Å². The number of rotatable bonds is 0. The van der Waals surface area contributed by atoms with Crippen molar-refractivity contribution in [3.05, 3.63) is 0 Å². The first-order chi connectivity index (χ1) is 6.81. The highest BCUT2D eigenvalue weighted by Gasteiger charge is 2.12. The van der Waals surface area contributed by atoms with E-state index in [4.69, 9.17) is 11.5 Å². The van der Waals surface area contributed by atoms with Crippen molar-refractivity contribution >= 4 is 6.09 Å². The van der Waals surface area contributed by atoms with E-state index >= 15 is 0 Å². The summed E-state index contributed by atoms with van der Waals surface area (Å²) in [6.45, 7) is 5.28. The van der Waals surface area contributed by atoms with E-state index in [-0.39, 0.29) is 0 Å². The number of hydrogen-bond acceptors (Lipinski definition) is 3. The van der Waals surface area contributed by atoms with Crippen molar-refractivity contribution in [2.45, 2.75) is 64.5 Å². The van der Waals surface area contributed by atoms with Gasteiger partial charge in [-0.05, 0) is 33.6 Å². The molecule has 0 aromatic carbocycles. The topological polar surface area (TPSA) is 78.3 Å². The van der Waals surface area contributed by atoms with Gasteiger partial charge in [-0.25, -0.2) is 4.79 Å². The Morgan fingerprint density at radius 3 is 1.80 bits per heavy atom. The van der Waals surface area contributed by atoms with Gasteiger partial charge in [-0.2, -0.15) is 0 Å². The van der Waals surface area contributed by atoms with Crippen LogP contribution >= 0.6 is 0 Å². The van der Waals surface area contributed by atoms with Gasteiger partial charge in [-0.1, -0.05) is 19.3 Å². The van der Waals surface area contributed by atoms with E-state index in [1.165, 1.54) is 32.1 Å². The Labute approximate surface area is 92.3 Å². The van der Waals surface area contributed by atoms with E-state index in [2.05, 4.69) is 4.74 Å². The predicted octanol–water partition coefficient (Wildman–Crippen LogP) is 2.16. The van der Waals surface area contributed by atoms with Crippen LogP contribution in [0.25, 0.3) is 0 Å². The lowest BCUT2D eigenvalue weighted by molar-refractivity contribution is 0.0600. The van der Waals surface area contributed by atoms with Crippen molar-refractivity contribution in [3.8, 4) is 0 Å². The van der Waals surface area contributed by atoms with E-state index in [1.807, 2.05) is 0 Å². The first kappa shape index (κ1) is 14.2. The van der Waals surface area contributed by atoms with Crippen molar-refractivity contribution in [2.24, 2.45) is 11.5 Å². The molecular formula is C11H24N2O2. The van der Waals surface area contributed by atoms with Crippen molar-refractivity contribution in [1.82, 2.24) is 0 Å². The molecule has 0 heterocycles. The van der Waals surface area contributed by atoms with Crippen LogP contribution in [0.2, 0.25) is 0 Å². The normalized spacial score (nSPS) is 17.6. The monoisotopic (exact) mass is 216 g/mol. The Kier molecular flexibility index (Phi) is 6.32. The predicted molar refractivity (Wildman–Crippen MR) is 61.5 cm³/mol. The summed E-state index contributed by atoms with van der Waals surface area (Å²) in [4.78, 5) is 10.0. The summed E-state index contributed by atoms with van der Waals surface area (Å²) in [6.07, 6.45) is 5.94. The molecule has 0 aromatic rings. The number of carbonyl (C=O) groups excluding carboxylic acids is 1. The average Bonchev–Trinajstić information content (AvgIpc) is 2.01. The molecule has 0 unspecified atom stereocenters. The molecule has 1 aliphatic carbocycles. The summed E-state index contributed by atoms with van der Waals surface area (Å²) >= 11 is 0. The van der Waals surface area contributed by atoms with Gasteiger partial charge in [-0.3, -0.25) is 0 Å². The van der Waals surface area contributed by atoms with Gasteiger partial charge in [0.05, 0.1) is 0 Å². The summed E-state index contributed by atoms with van der Waals surface area (Å²) < 4.78 is 4.58. The summed E-state index contributed by atoms with van der Waals surface area (Å²) in [5, 5.41) is 0.